The van der Waals surface area contributed by atoms with E-state index in [9.17, 15) is 14.4 Å². The highest BCUT2D eigenvalue weighted by Crippen LogP contribution is 2.19. The quantitative estimate of drug-likeness (QED) is 0.0343. The molecule has 0 aromatic heterocycles. The zero-order valence-corrected chi connectivity index (χ0v) is 46.2. The zero-order chi connectivity index (χ0) is 49.1. The van der Waals surface area contributed by atoms with E-state index in [-0.39, 0.29) is 31.1 Å². The number of hydrogen-bond acceptors (Lipinski definition) is 6. The monoisotopic (exact) mass is 947 g/mol. The number of hydrogen-bond donors (Lipinski definition) is 0. The maximum Gasteiger partial charge on any atom is 0.306 e. The van der Waals surface area contributed by atoms with E-state index >= 15 is 0 Å². The molecule has 0 unspecified atom stereocenters. The van der Waals surface area contributed by atoms with Gasteiger partial charge in [0.25, 0.3) is 0 Å². The summed E-state index contributed by atoms with van der Waals surface area (Å²) in [4.78, 5) is 38.2. The first-order valence-electron chi connectivity index (χ1n) is 30.1. The third-order valence-electron chi connectivity index (χ3n) is 13.9. The molecule has 0 aromatic carbocycles. The lowest BCUT2D eigenvalue weighted by Gasteiger charge is -2.18. The average molecular weight is 948 g/mol. The van der Waals surface area contributed by atoms with Crippen molar-refractivity contribution in [1.82, 2.24) is 0 Å². The van der Waals surface area contributed by atoms with E-state index in [1.165, 1.54) is 218 Å². The van der Waals surface area contributed by atoms with Gasteiger partial charge in [-0.1, -0.05) is 298 Å². The van der Waals surface area contributed by atoms with E-state index in [1.807, 2.05) is 0 Å². The molecule has 67 heavy (non-hydrogen) atoms. The summed E-state index contributed by atoms with van der Waals surface area (Å²) >= 11 is 0. The summed E-state index contributed by atoms with van der Waals surface area (Å²) in [7, 11) is 0. The van der Waals surface area contributed by atoms with Gasteiger partial charge in [0, 0.05) is 19.3 Å². The predicted octanol–water partition coefficient (Wildman–Crippen LogP) is 19.9. The van der Waals surface area contributed by atoms with Crippen molar-refractivity contribution in [2.45, 2.75) is 343 Å². The molecular weight excluding hydrogens is 829 g/mol. The van der Waals surface area contributed by atoms with Gasteiger partial charge in [0.15, 0.2) is 6.10 Å². The van der Waals surface area contributed by atoms with Gasteiger partial charge in [0.05, 0.1) is 0 Å². The van der Waals surface area contributed by atoms with Crippen LogP contribution >= 0.6 is 0 Å². The molecule has 0 fully saturated rings. The molecule has 0 aliphatic heterocycles. The van der Waals surface area contributed by atoms with Crippen LogP contribution in [0.15, 0.2) is 0 Å². The third kappa shape index (κ3) is 55.2. The Morgan fingerprint density at radius 3 is 0.642 bits per heavy atom. The Morgan fingerprint density at radius 1 is 0.254 bits per heavy atom. The van der Waals surface area contributed by atoms with Crippen LogP contribution in [0.2, 0.25) is 0 Å². The highest BCUT2D eigenvalue weighted by molar-refractivity contribution is 5.71. The molecule has 0 aromatic rings. The molecule has 0 bridgehead atoms. The molecule has 1 atom stereocenters. The Morgan fingerprint density at radius 2 is 0.433 bits per heavy atom. The van der Waals surface area contributed by atoms with Crippen molar-refractivity contribution in [2.75, 3.05) is 13.2 Å². The van der Waals surface area contributed by atoms with E-state index in [2.05, 4.69) is 41.5 Å². The third-order valence-corrected chi connectivity index (χ3v) is 13.9. The van der Waals surface area contributed by atoms with E-state index in [0.717, 1.165) is 75.5 Å². The predicted molar refractivity (Wildman–Crippen MR) is 289 cm³/mol. The Labute approximate surface area is 418 Å². The fourth-order valence-electron chi connectivity index (χ4n) is 9.35. The molecule has 6 heteroatoms. The summed E-state index contributed by atoms with van der Waals surface area (Å²) in [5.74, 6) is 1.68. The van der Waals surface area contributed by atoms with E-state index < -0.39 is 6.10 Å². The Hall–Kier alpha value is -1.59. The highest BCUT2D eigenvalue weighted by Gasteiger charge is 2.19. The van der Waals surface area contributed by atoms with Crippen molar-refractivity contribution in [1.29, 1.82) is 0 Å². The first-order valence-corrected chi connectivity index (χ1v) is 30.1. The fourth-order valence-corrected chi connectivity index (χ4v) is 9.35. The van der Waals surface area contributed by atoms with Crippen LogP contribution in [0.5, 0.6) is 0 Å². The Balaban J connectivity index is 4.30. The van der Waals surface area contributed by atoms with Crippen molar-refractivity contribution in [3.63, 3.8) is 0 Å². The van der Waals surface area contributed by atoms with Crippen LogP contribution in [-0.2, 0) is 28.6 Å². The van der Waals surface area contributed by atoms with Crippen LogP contribution in [0.1, 0.15) is 337 Å². The number of carbonyl (C=O) groups excluding carboxylic acids is 3. The number of unbranched alkanes of at least 4 members (excludes halogenated alkanes) is 37. The van der Waals surface area contributed by atoms with Gasteiger partial charge in [0.2, 0.25) is 0 Å². The van der Waals surface area contributed by atoms with Crippen LogP contribution in [0.4, 0.5) is 0 Å². The van der Waals surface area contributed by atoms with Crippen LogP contribution in [0.25, 0.3) is 0 Å². The molecule has 0 spiro atoms. The lowest BCUT2D eigenvalue weighted by Crippen LogP contribution is -2.30. The van der Waals surface area contributed by atoms with E-state index in [1.54, 1.807) is 0 Å². The first kappa shape index (κ1) is 65.4. The topological polar surface area (TPSA) is 78.9 Å². The lowest BCUT2D eigenvalue weighted by molar-refractivity contribution is -0.167. The second-order valence-electron chi connectivity index (χ2n) is 22.4. The molecule has 0 rings (SSSR count). The summed E-state index contributed by atoms with van der Waals surface area (Å²) in [6, 6.07) is 0. The van der Waals surface area contributed by atoms with Gasteiger partial charge in [0.1, 0.15) is 13.2 Å². The second-order valence-corrected chi connectivity index (χ2v) is 22.4. The summed E-state index contributed by atoms with van der Waals surface area (Å²) in [5.41, 5.74) is 0. The minimum atomic E-state index is -0.764. The number of carbonyl (C=O) groups is 3. The smallest absolute Gasteiger partial charge is 0.306 e. The van der Waals surface area contributed by atoms with Gasteiger partial charge in [-0.3, -0.25) is 14.4 Å². The van der Waals surface area contributed by atoms with Gasteiger partial charge in [-0.15, -0.1) is 0 Å². The normalized spacial score (nSPS) is 12.1. The van der Waals surface area contributed by atoms with Crippen molar-refractivity contribution in [3.8, 4) is 0 Å². The van der Waals surface area contributed by atoms with Crippen molar-refractivity contribution < 1.29 is 28.6 Å². The minimum Gasteiger partial charge on any atom is -0.462 e. The largest absolute Gasteiger partial charge is 0.462 e. The first-order chi connectivity index (χ1) is 32.6. The molecule has 0 aliphatic carbocycles. The second kappa shape index (κ2) is 52.2. The minimum absolute atomic E-state index is 0.0631. The maximum atomic E-state index is 12.9. The SMILES string of the molecule is CC(C)CCCCCCCCCCCCCCCCC(=O)OC[C@H](COC(=O)CCCCCCCCCCCCCCCC(C)C)OC(=O)CCCCCCCCCCCCCCCC(C)C. The molecule has 0 amide bonds. The Bertz CT molecular complexity index is 1040. The van der Waals surface area contributed by atoms with Crippen molar-refractivity contribution >= 4 is 17.9 Å². The molecule has 0 N–H and O–H groups in total. The zero-order valence-electron chi connectivity index (χ0n) is 46.2. The van der Waals surface area contributed by atoms with E-state index in [0.29, 0.717) is 19.3 Å². The van der Waals surface area contributed by atoms with Gasteiger partial charge in [-0.25, -0.2) is 0 Å². The van der Waals surface area contributed by atoms with Crippen molar-refractivity contribution in [3.05, 3.63) is 0 Å². The van der Waals surface area contributed by atoms with Crippen LogP contribution < -0.4 is 0 Å². The molecule has 0 aliphatic rings. The van der Waals surface area contributed by atoms with Crippen molar-refractivity contribution in [2.24, 2.45) is 17.8 Å². The summed E-state index contributed by atoms with van der Waals surface area (Å²) in [6.45, 7) is 13.8. The standard InChI is InChI=1S/C61H118O6/c1-55(2)47-41-35-29-23-17-11-7-8-14-20-26-32-38-44-50-59(62)65-53-58(67-61(64)52-46-40-34-28-22-16-10-13-19-25-31-37-43-49-57(5)6)54-66-60(63)51-45-39-33-27-21-15-9-12-18-24-30-36-42-48-56(3)4/h55-58H,7-54H2,1-6H3/t58-/m1/s1. The highest BCUT2D eigenvalue weighted by atomic mass is 16.6. The summed E-state index contributed by atoms with van der Waals surface area (Å²) in [6.07, 6.45) is 55.2. The summed E-state index contributed by atoms with van der Waals surface area (Å²) < 4.78 is 16.9. The van der Waals surface area contributed by atoms with Gasteiger partial charge >= 0.3 is 17.9 Å². The molecular formula is C61H118O6. The fraction of sp³-hybridized carbons (Fsp3) is 0.951. The molecule has 398 valence electrons. The van der Waals surface area contributed by atoms with Crippen LogP contribution in [-0.4, -0.2) is 37.2 Å². The average Bonchev–Trinajstić information content (AvgIpc) is 3.29. The van der Waals surface area contributed by atoms with E-state index in [4.69, 9.17) is 14.2 Å². The Kier molecular flexibility index (Phi) is 51.0. The number of rotatable bonds is 54. The van der Waals surface area contributed by atoms with Crippen LogP contribution in [0.3, 0.4) is 0 Å². The molecule has 0 saturated carbocycles. The molecule has 0 radical (unpaired) electrons. The molecule has 6 nitrogen and oxygen atoms in total. The van der Waals surface area contributed by atoms with Crippen LogP contribution in [0, 0.1) is 17.8 Å². The van der Waals surface area contributed by atoms with Gasteiger partial charge < -0.3 is 14.2 Å². The molecule has 0 heterocycles. The van der Waals surface area contributed by atoms with Gasteiger partial charge in [-0.05, 0) is 37.0 Å². The maximum absolute atomic E-state index is 12.9. The lowest BCUT2D eigenvalue weighted by atomic mass is 10.0. The van der Waals surface area contributed by atoms with Gasteiger partial charge in [-0.2, -0.15) is 0 Å². The summed E-state index contributed by atoms with van der Waals surface area (Å²) in [5, 5.41) is 0. The molecule has 0 saturated heterocycles. The number of ether oxygens (including phenoxy) is 3. The number of esters is 3.